The highest BCUT2D eigenvalue weighted by atomic mass is 16.5. The zero-order chi connectivity index (χ0) is 18.2. The topological polar surface area (TPSA) is 45.7 Å². The van der Waals surface area contributed by atoms with Gasteiger partial charge in [-0.05, 0) is 69.1 Å². The Balaban J connectivity index is 1.59. The number of fused-ring (bicyclic) bond motifs is 1. The number of aryl methyl sites for hydroxylation is 2. The van der Waals surface area contributed by atoms with Crippen molar-refractivity contribution in [2.24, 2.45) is 4.99 Å². The van der Waals surface area contributed by atoms with Gasteiger partial charge in [0.2, 0.25) is 0 Å². The minimum atomic E-state index is 0.252. The van der Waals surface area contributed by atoms with Gasteiger partial charge >= 0.3 is 0 Å². The van der Waals surface area contributed by atoms with Gasteiger partial charge in [0, 0.05) is 13.1 Å². The lowest BCUT2D eigenvalue weighted by molar-refractivity contribution is 0.153. The van der Waals surface area contributed by atoms with Gasteiger partial charge in [-0.3, -0.25) is 4.99 Å². The molecule has 1 aliphatic heterocycles. The van der Waals surface area contributed by atoms with Gasteiger partial charge in [0.1, 0.15) is 0 Å². The van der Waals surface area contributed by atoms with E-state index >= 15 is 0 Å². The number of guanidine groups is 1. The third kappa shape index (κ3) is 5.34. The molecule has 1 aromatic carbocycles. The van der Waals surface area contributed by atoms with Crippen molar-refractivity contribution >= 4 is 5.96 Å². The average molecular weight is 356 g/mol. The summed E-state index contributed by atoms with van der Waals surface area (Å²) in [5.41, 5.74) is 5.90. The maximum atomic E-state index is 5.37. The predicted octanol–water partition coefficient (Wildman–Crippen LogP) is 3.92. The summed E-state index contributed by atoms with van der Waals surface area (Å²) < 4.78 is 5.37. The van der Waals surface area contributed by atoms with Gasteiger partial charge < -0.3 is 15.4 Å². The Kier molecular flexibility index (Phi) is 7.13. The molecule has 2 aliphatic rings. The number of benzene rings is 1. The lowest BCUT2D eigenvalue weighted by Gasteiger charge is -2.22. The van der Waals surface area contributed by atoms with Gasteiger partial charge in [0.05, 0.1) is 19.3 Å². The largest absolute Gasteiger partial charge is 0.377 e. The number of rotatable bonds is 6. The van der Waals surface area contributed by atoms with Gasteiger partial charge in [-0.15, -0.1) is 0 Å². The molecule has 0 saturated heterocycles. The summed E-state index contributed by atoms with van der Waals surface area (Å²) in [5, 5.41) is 6.95. The lowest BCUT2D eigenvalue weighted by Crippen LogP contribution is -2.38. The second-order valence-electron chi connectivity index (χ2n) is 7.30. The molecule has 1 aliphatic carbocycles. The lowest BCUT2D eigenvalue weighted by atomic mass is 9.89. The van der Waals surface area contributed by atoms with Crippen molar-refractivity contribution in [2.75, 3.05) is 26.3 Å². The second-order valence-corrected chi connectivity index (χ2v) is 7.30. The number of hydrogen-bond acceptors (Lipinski definition) is 2. The first-order chi connectivity index (χ1) is 12.8. The Morgan fingerprint density at radius 2 is 2.04 bits per heavy atom. The van der Waals surface area contributed by atoms with Crippen molar-refractivity contribution in [3.8, 4) is 0 Å². The monoisotopic (exact) mass is 355 g/mol. The van der Waals surface area contributed by atoms with Crippen LogP contribution >= 0.6 is 0 Å². The van der Waals surface area contributed by atoms with Crippen molar-refractivity contribution in [1.82, 2.24) is 10.6 Å². The van der Waals surface area contributed by atoms with Crippen LogP contribution in [-0.2, 0) is 17.6 Å². The molecule has 4 nitrogen and oxygen atoms in total. The van der Waals surface area contributed by atoms with Crippen molar-refractivity contribution in [3.63, 3.8) is 0 Å². The van der Waals surface area contributed by atoms with Crippen LogP contribution in [0.25, 0.3) is 0 Å². The SMILES string of the molecule is CCNC(=NCCC1=CCOCC1)NC(C)c1ccc2c(c1)CCCC2. The molecule has 2 N–H and O–H groups in total. The first kappa shape index (κ1) is 19.0. The Hall–Kier alpha value is -1.81. The molecule has 0 bridgehead atoms. The summed E-state index contributed by atoms with van der Waals surface area (Å²) in [5.74, 6) is 0.908. The van der Waals surface area contributed by atoms with Crippen LogP contribution in [0.5, 0.6) is 0 Å². The van der Waals surface area contributed by atoms with Crippen molar-refractivity contribution in [2.45, 2.75) is 58.4 Å². The quantitative estimate of drug-likeness (QED) is 0.462. The molecule has 1 heterocycles. The van der Waals surface area contributed by atoms with E-state index < -0.39 is 0 Å². The van der Waals surface area contributed by atoms with Crippen molar-refractivity contribution in [3.05, 3.63) is 46.5 Å². The van der Waals surface area contributed by atoms with Crippen LogP contribution in [-0.4, -0.2) is 32.3 Å². The van der Waals surface area contributed by atoms with Gasteiger partial charge in [-0.2, -0.15) is 0 Å². The summed E-state index contributed by atoms with van der Waals surface area (Å²) in [6, 6.07) is 7.24. The summed E-state index contributed by atoms with van der Waals surface area (Å²) in [6.45, 7) is 7.63. The van der Waals surface area contributed by atoms with E-state index in [4.69, 9.17) is 9.73 Å². The second kappa shape index (κ2) is 9.77. The molecule has 142 valence electrons. The number of nitrogens with zero attached hydrogens (tertiary/aromatic N) is 1. The van der Waals surface area contributed by atoms with Crippen LogP contribution in [0.3, 0.4) is 0 Å². The van der Waals surface area contributed by atoms with E-state index in [1.165, 1.54) is 47.9 Å². The molecule has 26 heavy (non-hydrogen) atoms. The summed E-state index contributed by atoms with van der Waals surface area (Å²) in [6.07, 6.45) is 9.39. The first-order valence-corrected chi connectivity index (χ1v) is 10.2. The number of nitrogens with one attached hydrogen (secondary N) is 2. The Morgan fingerprint density at radius 1 is 1.19 bits per heavy atom. The van der Waals surface area contributed by atoms with E-state index in [1.807, 2.05) is 0 Å². The number of ether oxygens (including phenoxy) is 1. The molecule has 1 atom stereocenters. The highest BCUT2D eigenvalue weighted by Gasteiger charge is 2.13. The van der Waals surface area contributed by atoms with Crippen LogP contribution < -0.4 is 10.6 Å². The fourth-order valence-corrected chi connectivity index (χ4v) is 3.73. The minimum absolute atomic E-state index is 0.252. The highest BCUT2D eigenvalue weighted by molar-refractivity contribution is 5.80. The average Bonchev–Trinajstić information content (AvgIpc) is 2.68. The van der Waals surface area contributed by atoms with Crippen LogP contribution in [0, 0.1) is 0 Å². The zero-order valence-corrected chi connectivity index (χ0v) is 16.3. The van der Waals surface area contributed by atoms with E-state index in [-0.39, 0.29) is 6.04 Å². The highest BCUT2D eigenvalue weighted by Crippen LogP contribution is 2.24. The fraction of sp³-hybridized carbons (Fsp3) is 0.591. The van der Waals surface area contributed by atoms with E-state index in [0.29, 0.717) is 0 Å². The van der Waals surface area contributed by atoms with E-state index in [2.05, 4.69) is 48.8 Å². The molecule has 0 radical (unpaired) electrons. The fourth-order valence-electron chi connectivity index (χ4n) is 3.73. The molecule has 4 heteroatoms. The van der Waals surface area contributed by atoms with Crippen LogP contribution in [0.2, 0.25) is 0 Å². The molecule has 0 fully saturated rings. The molecule has 0 saturated carbocycles. The zero-order valence-electron chi connectivity index (χ0n) is 16.3. The van der Waals surface area contributed by atoms with Crippen LogP contribution in [0.4, 0.5) is 0 Å². The molecule has 0 aromatic heterocycles. The third-order valence-corrected chi connectivity index (χ3v) is 5.33. The van der Waals surface area contributed by atoms with Crippen molar-refractivity contribution < 1.29 is 4.74 Å². The van der Waals surface area contributed by atoms with Gasteiger partial charge in [0.15, 0.2) is 5.96 Å². The summed E-state index contributed by atoms with van der Waals surface area (Å²) in [7, 11) is 0. The Bertz CT molecular complexity index is 651. The standard InChI is InChI=1S/C22H33N3O/c1-3-23-22(24-13-10-18-11-14-26-15-12-18)25-17(2)20-9-8-19-6-4-5-7-21(19)16-20/h8-9,11,16-17H,3-7,10,12-15H2,1-2H3,(H2,23,24,25). The Labute approximate surface area is 158 Å². The van der Waals surface area contributed by atoms with Gasteiger partial charge in [0.25, 0.3) is 0 Å². The molecule has 1 aromatic rings. The van der Waals surface area contributed by atoms with Crippen molar-refractivity contribution in [1.29, 1.82) is 0 Å². The summed E-state index contributed by atoms with van der Waals surface area (Å²) in [4.78, 5) is 4.77. The maximum absolute atomic E-state index is 5.37. The van der Waals surface area contributed by atoms with Crippen LogP contribution in [0.1, 0.15) is 62.3 Å². The van der Waals surface area contributed by atoms with Gasteiger partial charge in [-0.1, -0.05) is 29.8 Å². The molecule has 0 amide bonds. The van der Waals surface area contributed by atoms with E-state index in [9.17, 15) is 0 Å². The third-order valence-electron chi connectivity index (χ3n) is 5.33. The van der Waals surface area contributed by atoms with E-state index in [1.54, 1.807) is 0 Å². The maximum Gasteiger partial charge on any atom is 0.191 e. The number of aliphatic imine (C=N–C) groups is 1. The Morgan fingerprint density at radius 3 is 2.81 bits per heavy atom. The van der Waals surface area contributed by atoms with E-state index in [0.717, 1.165) is 45.1 Å². The molecular formula is C22H33N3O. The van der Waals surface area contributed by atoms with Crippen LogP contribution in [0.15, 0.2) is 34.8 Å². The first-order valence-electron chi connectivity index (χ1n) is 10.2. The predicted molar refractivity (Wildman–Crippen MR) is 109 cm³/mol. The minimum Gasteiger partial charge on any atom is -0.377 e. The smallest absolute Gasteiger partial charge is 0.191 e. The van der Waals surface area contributed by atoms with Gasteiger partial charge in [-0.25, -0.2) is 0 Å². The molecule has 3 rings (SSSR count). The number of hydrogen-bond donors (Lipinski definition) is 2. The molecular weight excluding hydrogens is 322 g/mol. The normalized spacial score (nSPS) is 18.7. The molecule has 1 unspecified atom stereocenters. The summed E-state index contributed by atoms with van der Waals surface area (Å²) >= 11 is 0. The molecule has 0 spiro atoms.